The molecule has 1 fully saturated rings. The van der Waals surface area contributed by atoms with Crippen molar-refractivity contribution in [2.24, 2.45) is 0 Å². The van der Waals surface area contributed by atoms with Gasteiger partial charge in [-0.25, -0.2) is 9.52 Å². The third-order valence-electron chi connectivity index (χ3n) is 3.20. The van der Waals surface area contributed by atoms with Gasteiger partial charge in [-0.05, 0) is 27.7 Å². The highest BCUT2D eigenvalue weighted by atomic mass is 32.2. The number of amides is 1. The van der Waals surface area contributed by atoms with Gasteiger partial charge in [0.2, 0.25) is 0 Å². The number of nitrogens with zero attached hydrogens (tertiary/aromatic N) is 3. The van der Waals surface area contributed by atoms with Crippen molar-refractivity contribution in [3.8, 4) is 6.07 Å². The number of hydrogen-bond donors (Lipinski definition) is 1. The number of carbonyl (C=O) groups is 1. The first-order valence-corrected chi connectivity index (χ1v) is 8.17. The van der Waals surface area contributed by atoms with Crippen molar-refractivity contribution in [2.75, 3.05) is 26.2 Å². The van der Waals surface area contributed by atoms with Crippen molar-refractivity contribution < 1.29 is 17.9 Å². The quantitative estimate of drug-likeness (QED) is 0.799. The molecule has 0 aliphatic carbocycles. The lowest BCUT2D eigenvalue weighted by atomic mass is 10.0. The number of carbonyl (C=O) groups excluding carboxylic acids is 1. The van der Waals surface area contributed by atoms with E-state index in [4.69, 9.17) is 10.00 Å². The molecule has 21 heavy (non-hydrogen) atoms. The molecule has 0 aromatic rings. The Morgan fingerprint density at radius 3 is 2.24 bits per heavy atom. The summed E-state index contributed by atoms with van der Waals surface area (Å²) in [6, 6.07) is 2.19. The molecule has 1 rings (SSSR count). The molecule has 1 aliphatic rings. The van der Waals surface area contributed by atoms with E-state index in [1.165, 1.54) is 4.31 Å². The van der Waals surface area contributed by atoms with Crippen LogP contribution in [-0.2, 0) is 14.9 Å². The van der Waals surface area contributed by atoms with E-state index < -0.39 is 27.9 Å². The second kappa shape index (κ2) is 6.60. The molecule has 1 heterocycles. The van der Waals surface area contributed by atoms with E-state index in [-0.39, 0.29) is 13.1 Å². The van der Waals surface area contributed by atoms with Crippen molar-refractivity contribution in [2.45, 2.75) is 39.3 Å². The Morgan fingerprint density at radius 2 is 1.81 bits per heavy atom. The monoisotopic (exact) mass is 318 g/mol. The van der Waals surface area contributed by atoms with Gasteiger partial charge in [0.25, 0.3) is 0 Å². The van der Waals surface area contributed by atoms with Gasteiger partial charge < -0.3 is 4.74 Å². The topological polar surface area (TPSA) is 103 Å². The van der Waals surface area contributed by atoms with Crippen molar-refractivity contribution in [1.29, 1.82) is 5.26 Å². The van der Waals surface area contributed by atoms with E-state index in [1.54, 1.807) is 27.7 Å². The SMILES string of the molecule is CC(C)OC(=O)NS(=O)(=O)N1CCN(C(C)(C)C#N)CC1. The van der Waals surface area contributed by atoms with E-state index in [9.17, 15) is 13.2 Å². The molecule has 0 aromatic carbocycles. The maximum absolute atomic E-state index is 12.0. The molecule has 0 spiro atoms. The third-order valence-corrected chi connectivity index (χ3v) is 4.67. The fourth-order valence-electron chi connectivity index (χ4n) is 1.97. The summed E-state index contributed by atoms with van der Waals surface area (Å²) >= 11 is 0. The van der Waals surface area contributed by atoms with E-state index in [0.717, 1.165) is 0 Å². The van der Waals surface area contributed by atoms with Crippen molar-refractivity contribution >= 4 is 16.3 Å². The van der Waals surface area contributed by atoms with Crippen molar-refractivity contribution in [1.82, 2.24) is 13.9 Å². The Hall–Kier alpha value is -1.37. The third kappa shape index (κ3) is 4.84. The number of nitrogens with one attached hydrogen (secondary N) is 1. The highest BCUT2D eigenvalue weighted by molar-refractivity contribution is 7.87. The Kier molecular flexibility index (Phi) is 5.55. The molecule has 0 aromatic heterocycles. The Bertz CT molecular complexity index is 516. The lowest BCUT2D eigenvalue weighted by Gasteiger charge is -2.39. The fraction of sp³-hybridized carbons (Fsp3) is 0.833. The van der Waals surface area contributed by atoms with Crippen LogP contribution in [0.3, 0.4) is 0 Å². The highest BCUT2D eigenvalue weighted by Crippen LogP contribution is 2.17. The van der Waals surface area contributed by atoms with Crippen LogP contribution in [0.25, 0.3) is 0 Å². The molecule has 1 saturated heterocycles. The van der Waals surface area contributed by atoms with Crippen molar-refractivity contribution in [3.05, 3.63) is 0 Å². The summed E-state index contributed by atoms with van der Waals surface area (Å²) in [6.45, 7) is 8.14. The number of rotatable bonds is 4. The first-order chi connectivity index (χ1) is 9.58. The van der Waals surface area contributed by atoms with Gasteiger partial charge in [0, 0.05) is 26.2 Å². The van der Waals surface area contributed by atoms with Crippen LogP contribution in [0.1, 0.15) is 27.7 Å². The minimum atomic E-state index is -3.90. The predicted molar refractivity (Wildman–Crippen MR) is 76.5 cm³/mol. The summed E-state index contributed by atoms with van der Waals surface area (Å²) in [7, 11) is -3.90. The molecule has 0 radical (unpaired) electrons. The van der Waals surface area contributed by atoms with E-state index in [0.29, 0.717) is 13.1 Å². The Morgan fingerprint density at radius 1 is 1.29 bits per heavy atom. The summed E-state index contributed by atoms with van der Waals surface area (Å²) in [4.78, 5) is 13.3. The summed E-state index contributed by atoms with van der Waals surface area (Å²) in [5.74, 6) is 0. The largest absolute Gasteiger partial charge is 0.446 e. The van der Waals surface area contributed by atoms with Crippen LogP contribution in [-0.4, -0.2) is 61.5 Å². The average Bonchev–Trinajstić information content (AvgIpc) is 2.37. The molecule has 0 saturated carbocycles. The normalized spacial score (nSPS) is 18.3. The van der Waals surface area contributed by atoms with E-state index in [1.807, 2.05) is 9.62 Å². The molecule has 8 nitrogen and oxygen atoms in total. The van der Waals surface area contributed by atoms with Crippen LogP contribution in [0.2, 0.25) is 0 Å². The zero-order valence-corrected chi connectivity index (χ0v) is 13.6. The lowest BCUT2D eigenvalue weighted by molar-refractivity contribution is 0.111. The van der Waals surface area contributed by atoms with Gasteiger partial charge in [-0.1, -0.05) is 0 Å². The second-order valence-corrected chi connectivity index (χ2v) is 7.29. The zero-order valence-electron chi connectivity index (χ0n) is 12.8. The van der Waals surface area contributed by atoms with Gasteiger partial charge in [-0.15, -0.1) is 0 Å². The van der Waals surface area contributed by atoms with Gasteiger partial charge in [-0.2, -0.15) is 18.0 Å². The first kappa shape index (κ1) is 17.7. The van der Waals surface area contributed by atoms with Crippen LogP contribution in [0.4, 0.5) is 4.79 Å². The summed E-state index contributed by atoms with van der Waals surface area (Å²) in [5.41, 5.74) is -0.639. The highest BCUT2D eigenvalue weighted by Gasteiger charge is 2.34. The minimum Gasteiger partial charge on any atom is -0.446 e. The molecule has 1 aliphatic heterocycles. The number of ether oxygens (including phenoxy) is 1. The molecule has 0 atom stereocenters. The average molecular weight is 318 g/mol. The lowest BCUT2D eigenvalue weighted by Crippen LogP contribution is -2.57. The second-order valence-electron chi connectivity index (χ2n) is 5.62. The molecular weight excluding hydrogens is 296 g/mol. The summed E-state index contributed by atoms with van der Waals surface area (Å²) < 4.78 is 31.9. The summed E-state index contributed by atoms with van der Waals surface area (Å²) in [5, 5.41) is 9.08. The number of nitriles is 1. The maximum Gasteiger partial charge on any atom is 0.422 e. The van der Waals surface area contributed by atoms with Crippen LogP contribution in [0.5, 0.6) is 0 Å². The van der Waals surface area contributed by atoms with Gasteiger partial charge in [0.05, 0.1) is 12.2 Å². The van der Waals surface area contributed by atoms with Crippen molar-refractivity contribution in [3.63, 3.8) is 0 Å². The van der Waals surface area contributed by atoms with Crippen LogP contribution in [0, 0.1) is 11.3 Å². The van der Waals surface area contributed by atoms with Gasteiger partial charge >= 0.3 is 16.3 Å². The maximum atomic E-state index is 12.0. The Labute approximate surface area is 125 Å². The molecular formula is C12H22N4O4S. The Balaban J connectivity index is 2.61. The van der Waals surface area contributed by atoms with Gasteiger partial charge in [0.15, 0.2) is 0 Å². The number of hydrogen-bond acceptors (Lipinski definition) is 6. The molecule has 1 amide bonds. The molecule has 0 bridgehead atoms. The van der Waals surface area contributed by atoms with E-state index >= 15 is 0 Å². The predicted octanol–water partition coefficient (Wildman–Crippen LogP) is 0.286. The minimum absolute atomic E-state index is 0.218. The first-order valence-electron chi connectivity index (χ1n) is 6.73. The zero-order chi connectivity index (χ0) is 16.3. The smallest absolute Gasteiger partial charge is 0.422 e. The van der Waals surface area contributed by atoms with E-state index in [2.05, 4.69) is 6.07 Å². The van der Waals surface area contributed by atoms with Gasteiger partial charge in [-0.3, -0.25) is 4.90 Å². The fourth-order valence-corrected chi connectivity index (χ4v) is 3.00. The molecule has 0 unspecified atom stereocenters. The molecule has 1 N–H and O–H groups in total. The van der Waals surface area contributed by atoms with Gasteiger partial charge in [0.1, 0.15) is 5.54 Å². The standard InChI is InChI=1S/C12H22N4O4S/c1-10(2)20-11(17)14-21(18,19)16-7-5-15(6-8-16)12(3,4)9-13/h10H,5-8H2,1-4H3,(H,14,17). The number of piperazine rings is 1. The van der Waals surface area contributed by atoms with Crippen LogP contribution in [0.15, 0.2) is 0 Å². The summed E-state index contributed by atoms with van der Waals surface area (Å²) in [6.07, 6.45) is -1.38. The van der Waals surface area contributed by atoms with Crippen LogP contribution >= 0.6 is 0 Å². The molecule has 120 valence electrons. The molecule has 9 heteroatoms. The van der Waals surface area contributed by atoms with Crippen LogP contribution < -0.4 is 4.72 Å².